The Labute approximate surface area is 116 Å². The SMILES string of the molecule is O=C(O)CCC1CCCCN1C(=O)NCc1ccno1. The molecule has 1 fully saturated rings. The van der Waals surface area contributed by atoms with Gasteiger partial charge >= 0.3 is 12.0 Å². The lowest BCUT2D eigenvalue weighted by Gasteiger charge is -2.35. The molecule has 0 saturated carbocycles. The minimum Gasteiger partial charge on any atom is -0.481 e. The smallest absolute Gasteiger partial charge is 0.318 e. The summed E-state index contributed by atoms with van der Waals surface area (Å²) in [7, 11) is 0. The lowest BCUT2D eigenvalue weighted by molar-refractivity contribution is -0.137. The van der Waals surface area contributed by atoms with E-state index in [2.05, 4.69) is 10.5 Å². The zero-order chi connectivity index (χ0) is 14.4. The van der Waals surface area contributed by atoms with Gasteiger partial charge in [0.1, 0.15) is 0 Å². The predicted molar refractivity (Wildman–Crippen MR) is 70.0 cm³/mol. The van der Waals surface area contributed by atoms with Crippen LogP contribution in [-0.4, -0.2) is 39.8 Å². The second-order valence-corrected chi connectivity index (χ2v) is 4.91. The molecule has 20 heavy (non-hydrogen) atoms. The molecule has 0 spiro atoms. The fourth-order valence-corrected chi connectivity index (χ4v) is 2.46. The van der Waals surface area contributed by atoms with E-state index in [0.717, 1.165) is 19.3 Å². The summed E-state index contributed by atoms with van der Waals surface area (Å²) in [6.45, 7) is 0.966. The van der Waals surface area contributed by atoms with Crippen LogP contribution in [0.2, 0.25) is 0 Å². The number of piperidine rings is 1. The molecule has 0 aliphatic carbocycles. The molecule has 0 radical (unpaired) electrons. The van der Waals surface area contributed by atoms with Gasteiger partial charge in [-0.1, -0.05) is 5.16 Å². The Morgan fingerprint density at radius 1 is 1.50 bits per heavy atom. The standard InChI is InChI=1S/C13H19N3O4/c17-12(18)5-4-10-3-1-2-8-16(10)13(19)14-9-11-6-7-15-20-11/h6-7,10H,1-5,8-9H2,(H,14,19)(H,17,18). The van der Waals surface area contributed by atoms with Gasteiger partial charge < -0.3 is 19.8 Å². The Morgan fingerprint density at radius 2 is 2.35 bits per heavy atom. The highest BCUT2D eigenvalue weighted by Crippen LogP contribution is 2.21. The first kappa shape index (κ1) is 14.4. The van der Waals surface area contributed by atoms with Crippen molar-refractivity contribution in [2.75, 3.05) is 6.54 Å². The van der Waals surface area contributed by atoms with Crippen LogP contribution in [0.3, 0.4) is 0 Å². The molecule has 1 aliphatic rings. The van der Waals surface area contributed by atoms with Crippen LogP contribution in [0.5, 0.6) is 0 Å². The number of carboxylic acids is 1. The van der Waals surface area contributed by atoms with Gasteiger partial charge in [0.15, 0.2) is 5.76 Å². The van der Waals surface area contributed by atoms with Gasteiger partial charge in [0.05, 0.1) is 12.7 Å². The van der Waals surface area contributed by atoms with Crippen molar-refractivity contribution in [3.63, 3.8) is 0 Å². The van der Waals surface area contributed by atoms with Crippen LogP contribution in [0.15, 0.2) is 16.8 Å². The van der Waals surface area contributed by atoms with Gasteiger partial charge in [-0.15, -0.1) is 0 Å². The molecule has 1 aliphatic heterocycles. The number of carboxylic acid groups (broad SMARTS) is 1. The third kappa shape index (κ3) is 3.97. The summed E-state index contributed by atoms with van der Waals surface area (Å²) >= 11 is 0. The summed E-state index contributed by atoms with van der Waals surface area (Å²) in [6.07, 6.45) is 4.98. The van der Waals surface area contributed by atoms with E-state index in [1.54, 1.807) is 11.0 Å². The number of amides is 2. The average molecular weight is 281 g/mol. The Kier molecular flexibility index (Phi) is 4.97. The zero-order valence-corrected chi connectivity index (χ0v) is 11.2. The van der Waals surface area contributed by atoms with Crippen molar-refractivity contribution in [1.82, 2.24) is 15.4 Å². The Hall–Kier alpha value is -2.05. The fraction of sp³-hybridized carbons (Fsp3) is 0.615. The first-order chi connectivity index (χ1) is 9.66. The average Bonchev–Trinajstić information content (AvgIpc) is 2.96. The Bertz CT molecular complexity index is 446. The second kappa shape index (κ2) is 6.93. The molecular formula is C13H19N3O4. The van der Waals surface area contributed by atoms with Crippen molar-refractivity contribution in [2.24, 2.45) is 0 Å². The third-order valence-corrected chi connectivity index (χ3v) is 3.48. The van der Waals surface area contributed by atoms with Crippen molar-refractivity contribution in [2.45, 2.75) is 44.7 Å². The third-order valence-electron chi connectivity index (χ3n) is 3.48. The van der Waals surface area contributed by atoms with Gasteiger partial charge in [-0.3, -0.25) is 4.79 Å². The molecule has 2 amide bonds. The van der Waals surface area contributed by atoms with Crippen LogP contribution < -0.4 is 5.32 Å². The molecular weight excluding hydrogens is 262 g/mol. The zero-order valence-electron chi connectivity index (χ0n) is 11.2. The van der Waals surface area contributed by atoms with Crippen molar-refractivity contribution in [1.29, 1.82) is 0 Å². The summed E-state index contributed by atoms with van der Waals surface area (Å²) in [5.74, 6) is -0.227. The molecule has 0 aromatic carbocycles. The number of aliphatic carboxylic acids is 1. The van der Waals surface area contributed by atoms with E-state index < -0.39 is 5.97 Å². The van der Waals surface area contributed by atoms with E-state index in [0.29, 0.717) is 25.3 Å². The van der Waals surface area contributed by atoms with E-state index in [4.69, 9.17) is 9.63 Å². The summed E-state index contributed by atoms with van der Waals surface area (Å²) in [4.78, 5) is 24.6. The minimum atomic E-state index is -0.822. The number of carbonyl (C=O) groups excluding carboxylic acids is 1. The highest BCUT2D eigenvalue weighted by molar-refractivity contribution is 5.74. The van der Waals surface area contributed by atoms with Crippen molar-refractivity contribution >= 4 is 12.0 Å². The lowest BCUT2D eigenvalue weighted by Crippen LogP contribution is -2.48. The number of hydrogen-bond donors (Lipinski definition) is 2. The number of likely N-dealkylation sites (tertiary alicyclic amines) is 1. The normalized spacial score (nSPS) is 18.8. The van der Waals surface area contributed by atoms with E-state index in [9.17, 15) is 9.59 Å². The number of rotatable bonds is 5. The van der Waals surface area contributed by atoms with Crippen LogP contribution in [0.1, 0.15) is 37.9 Å². The minimum absolute atomic E-state index is 0.00887. The van der Waals surface area contributed by atoms with Crippen LogP contribution in [0.4, 0.5) is 4.79 Å². The lowest BCUT2D eigenvalue weighted by atomic mass is 9.98. The fourth-order valence-electron chi connectivity index (χ4n) is 2.46. The Balaban J connectivity index is 1.86. The van der Waals surface area contributed by atoms with Gasteiger partial charge in [-0.05, 0) is 25.7 Å². The van der Waals surface area contributed by atoms with Crippen LogP contribution in [0, 0.1) is 0 Å². The summed E-state index contributed by atoms with van der Waals surface area (Å²) < 4.78 is 4.92. The van der Waals surface area contributed by atoms with Crippen LogP contribution in [0.25, 0.3) is 0 Å². The van der Waals surface area contributed by atoms with Gasteiger partial charge in [-0.2, -0.15) is 0 Å². The Morgan fingerprint density at radius 3 is 3.05 bits per heavy atom. The first-order valence-electron chi connectivity index (χ1n) is 6.82. The summed E-state index contributed by atoms with van der Waals surface area (Å²) in [6, 6.07) is 1.53. The summed E-state index contributed by atoms with van der Waals surface area (Å²) in [5, 5.41) is 15.1. The van der Waals surface area contributed by atoms with Crippen molar-refractivity contribution < 1.29 is 19.2 Å². The van der Waals surface area contributed by atoms with Gasteiger partial charge in [0.25, 0.3) is 0 Å². The molecule has 7 nitrogen and oxygen atoms in total. The molecule has 1 aromatic heterocycles. The van der Waals surface area contributed by atoms with Crippen LogP contribution >= 0.6 is 0 Å². The topological polar surface area (TPSA) is 95.7 Å². The van der Waals surface area contributed by atoms with E-state index >= 15 is 0 Å². The number of nitrogens with one attached hydrogen (secondary N) is 1. The molecule has 0 bridgehead atoms. The largest absolute Gasteiger partial charge is 0.481 e. The number of nitrogens with zero attached hydrogens (tertiary/aromatic N) is 2. The van der Waals surface area contributed by atoms with Crippen molar-refractivity contribution in [3.05, 3.63) is 18.0 Å². The molecule has 7 heteroatoms. The quantitative estimate of drug-likeness (QED) is 0.854. The van der Waals surface area contributed by atoms with E-state index in [1.165, 1.54) is 6.20 Å². The summed E-state index contributed by atoms with van der Waals surface area (Å²) in [5.41, 5.74) is 0. The molecule has 110 valence electrons. The highest BCUT2D eigenvalue weighted by Gasteiger charge is 2.26. The maximum Gasteiger partial charge on any atom is 0.318 e. The maximum absolute atomic E-state index is 12.2. The van der Waals surface area contributed by atoms with E-state index in [-0.39, 0.29) is 18.5 Å². The second-order valence-electron chi connectivity index (χ2n) is 4.91. The molecule has 1 saturated heterocycles. The molecule has 1 atom stereocenters. The predicted octanol–water partition coefficient (Wildman–Crippen LogP) is 1.60. The molecule has 1 unspecified atom stereocenters. The monoisotopic (exact) mass is 281 g/mol. The number of carbonyl (C=O) groups is 2. The number of aromatic nitrogens is 1. The number of urea groups is 1. The first-order valence-corrected chi connectivity index (χ1v) is 6.82. The van der Waals surface area contributed by atoms with E-state index in [1.807, 2.05) is 0 Å². The number of hydrogen-bond acceptors (Lipinski definition) is 4. The molecule has 1 aromatic rings. The molecule has 2 heterocycles. The van der Waals surface area contributed by atoms with Gasteiger partial charge in [-0.25, -0.2) is 4.79 Å². The van der Waals surface area contributed by atoms with Gasteiger partial charge in [0, 0.05) is 25.1 Å². The van der Waals surface area contributed by atoms with Gasteiger partial charge in [0.2, 0.25) is 0 Å². The molecule has 2 rings (SSSR count). The van der Waals surface area contributed by atoms with Crippen molar-refractivity contribution in [3.8, 4) is 0 Å². The van der Waals surface area contributed by atoms with Crippen LogP contribution in [-0.2, 0) is 11.3 Å². The molecule has 2 N–H and O–H groups in total. The maximum atomic E-state index is 12.2. The highest BCUT2D eigenvalue weighted by atomic mass is 16.5.